The summed E-state index contributed by atoms with van der Waals surface area (Å²) < 4.78 is 10.7. The first kappa shape index (κ1) is 13.1. The number of hydrogen-bond acceptors (Lipinski definition) is 7. The van der Waals surface area contributed by atoms with Gasteiger partial charge in [0.05, 0.1) is 12.1 Å². The standard InChI is InChI=1S/C13H12N4O2S/c1-18-13(19-2)12(7-15)9(8-4-3-5-20-8)11(12,6-14)10(16)17-13/h3-5,9H,1-2H3,(H2,16,17)/t9-,11+,12+/m0/s1. The Balaban J connectivity index is 2.26. The lowest BCUT2D eigenvalue weighted by molar-refractivity contribution is -0.230. The SMILES string of the molecule is COC1(OC)N=C(N)[C@@]2(C#N)[C@H](c3cccs3)[C@@]12C#N. The Morgan fingerprint density at radius 2 is 2.05 bits per heavy atom. The average Bonchev–Trinajstić information content (AvgIpc) is 2.79. The molecule has 0 saturated heterocycles. The van der Waals surface area contributed by atoms with Crippen molar-refractivity contribution in [2.24, 2.45) is 21.6 Å². The molecule has 0 bridgehead atoms. The van der Waals surface area contributed by atoms with Gasteiger partial charge in [-0.3, -0.25) is 0 Å². The second kappa shape index (κ2) is 3.80. The number of nitriles is 2. The van der Waals surface area contributed by atoms with Crippen LogP contribution in [0.2, 0.25) is 0 Å². The van der Waals surface area contributed by atoms with Gasteiger partial charge in [-0.05, 0) is 11.4 Å². The molecule has 1 fully saturated rings. The van der Waals surface area contributed by atoms with Crippen molar-refractivity contribution in [1.82, 2.24) is 0 Å². The molecule has 0 spiro atoms. The summed E-state index contributed by atoms with van der Waals surface area (Å²) in [7, 11) is 2.80. The fourth-order valence-corrected chi connectivity index (χ4v) is 4.36. The minimum Gasteiger partial charge on any atom is -0.386 e. The summed E-state index contributed by atoms with van der Waals surface area (Å²) in [5, 5.41) is 21.3. The number of hydrogen-bond donors (Lipinski definition) is 1. The van der Waals surface area contributed by atoms with E-state index in [4.69, 9.17) is 15.2 Å². The zero-order valence-corrected chi connectivity index (χ0v) is 11.8. The molecule has 0 unspecified atom stereocenters. The van der Waals surface area contributed by atoms with Crippen LogP contribution in [0.1, 0.15) is 10.8 Å². The Morgan fingerprint density at radius 3 is 2.50 bits per heavy atom. The molecule has 3 atom stereocenters. The summed E-state index contributed by atoms with van der Waals surface area (Å²) in [6.07, 6.45) is 0. The van der Waals surface area contributed by atoms with Crippen molar-refractivity contribution in [2.75, 3.05) is 14.2 Å². The number of fused-ring (bicyclic) bond motifs is 1. The number of ether oxygens (including phenoxy) is 2. The summed E-state index contributed by atoms with van der Waals surface area (Å²) in [5.41, 5.74) is 3.55. The van der Waals surface area contributed by atoms with E-state index in [9.17, 15) is 10.5 Å². The normalized spacial score (nSPS) is 36.6. The molecule has 20 heavy (non-hydrogen) atoms. The van der Waals surface area contributed by atoms with Crippen LogP contribution >= 0.6 is 11.3 Å². The maximum atomic E-state index is 9.76. The van der Waals surface area contributed by atoms with Crippen LogP contribution in [0.15, 0.2) is 22.5 Å². The number of nitrogens with two attached hydrogens (primary N) is 1. The van der Waals surface area contributed by atoms with Gasteiger partial charge in [0.2, 0.25) is 0 Å². The first-order chi connectivity index (χ1) is 9.60. The van der Waals surface area contributed by atoms with Crippen LogP contribution in [0.5, 0.6) is 0 Å². The van der Waals surface area contributed by atoms with Gasteiger partial charge in [0.15, 0.2) is 10.8 Å². The van der Waals surface area contributed by atoms with Crippen LogP contribution in [0, 0.1) is 33.5 Å². The Bertz CT molecular complexity index is 668. The second-order valence-electron chi connectivity index (χ2n) is 4.78. The lowest BCUT2D eigenvalue weighted by atomic mass is 9.94. The highest BCUT2D eigenvalue weighted by Gasteiger charge is 2.93. The van der Waals surface area contributed by atoms with Crippen molar-refractivity contribution >= 4 is 17.2 Å². The molecule has 1 aliphatic heterocycles. The Morgan fingerprint density at radius 1 is 1.35 bits per heavy atom. The summed E-state index contributed by atoms with van der Waals surface area (Å²) in [5.74, 6) is -1.82. The van der Waals surface area contributed by atoms with Crippen molar-refractivity contribution in [1.29, 1.82) is 10.5 Å². The number of rotatable bonds is 3. The van der Waals surface area contributed by atoms with E-state index < -0.39 is 16.7 Å². The Hall–Kier alpha value is -1.93. The van der Waals surface area contributed by atoms with Gasteiger partial charge < -0.3 is 15.2 Å². The van der Waals surface area contributed by atoms with Crippen molar-refractivity contribution in [3.63, 3.8) is 0 Å². The lowest BCUT2D eigenvalue weighted by Gasteiger charge is -2.29. The number of amidine groups is 1. The molecule has 7 heteroatoms. The van der Waals surface area contributed by atoms with Gasteiger partial charge in [0.1, 0.15) is 5.84 Å². The summed E-state index contributed by atoms with van der Waals surface area (Å²) in [6.45, 7) is 0. The minimum absolute atomic E-state index is 0.101. The molecule has 3 rings (SSSR count). The van der Waals surface area contributed by atoms with E-state index in [0.717, 1.165) is 4.88 Å². The van der Waals surface area contributed by atoms with E-state index in [0.29, 0.717) is 0 Å². The molecule has 1 aliphatic carbocycles. The maximum absolute atomic E-state index is 9.76. The smallest absolute Gasteiger partial charge is 0.292 e. The first-order valence-corrected chi connectivity index (χ1v) is 6.80. The van der Waals surface area contributed by atoms with Crippen LogP contribution in [0.3, 0.4) is 0 Å². The van der Waals surface area contributed by atoms with Gasteiger partial charge in [-0.25, -0.2) is 4.99 Å². The molecular formula is C13H12N4O2S. The van der Waals surface area contributed by atoms with Gasteiger partial charge in [-0.1, -0.05) is 6.07 Å². The summed E-state index contributed by atoms with van der Waals surface area (Å²) in [4.78, 5) is 5.05. The molecular weight excluding hydrogens is 276 g/mol. The predicted molar refractivity (Wildman–Crippen MR) is 71.5 cm³/mol. The Labute approximate surface area is 120 Å². The van der Waals surface area contributed by atoms with Gasteiger partial charge in [0, 0.05) is 25.0 Å². The quantitative estimate of drug-likeness (QED) is 0.841. The van der Waals surface area contributed by atoms with Gasteiger partial charge in [-0.2, -0.15) is 10.5 Å². The summed E-state index contributed by atoms with van der Waals surface area (Å²) in [6, 6.07) is 8.15. The van der Waals surface area contributed by atoms with E-state index in [1.807, 2.05) is 17.5 Å². The zero-order valence-electron chi connectivity index (χ0n) is 11.0. The fraction of sp³-hybridized carbons (Fsp3) is 0.462. The molecule has 0 aromatic carbocycles. The molecule has 0 radical (unpaired) electrons. The van der Waals surface area contributed by atoms with E-state index in [1.165, 1.54) is 25.6 Å². The lowest BCUT2D eigenvalue weighted by Crippen LogP contribution is -2.41. The zero-order chi connectivity index (χ0) is 14.6. The molecule has 102 valence electrons. The first-order valence-electron chi connectivity index (χ1n) is 5.92. The van der Waals surface area contributed by atoms with Crippen LogP contribution < -0.4 is 5.73 Å². The number of aliphatic imine (C=N–C) groups is 1. The Kier molecular flexibility index (Phi) is 2.48. The predicted octanol–water partition coefficient (Wildman–Crippen LogP) is 1.18. The van der Waals surface area contributed by atoms with Gasteiger partial charge in [-0.15, -0.1) is 11.3 Å². The fourth-order valence-electron chi connectivity index (χ4n) is 3.40. The van der Waals surface area contributed by atoms with Crippen LogP contribution in [0.4, 0.5) is 0 Å². The molecule has 6 nitrogen and oxygen atoms in total. The van der Waals surface area contributed by atoms with Crippen LogP contribution in [-0.4, -0.2) is 26.0 Å². The largest absolute Gasteiger partial charge is 0.386 e. The maximum Gasteiger partial charge on any atom is 0.292 e. The van der Waals surface area contributed by atoms with E-state index in [1.54, 1.807) is 0 Å². The summed E-state index contributed by atoms with van der Waals surface area (Å²) >= 11 is 1.48. The van der Waals surface area contributed by atoms with Gasteiger partial charge in [0.25, 0.3) is 5.91 Å². The van der Waals surface area contributed by atoms with E-state index >= 15 is 0 Å². The topological polar surface area (TPSA) is 104 Å². The van der Waals surface area contributed by atoms with E-state index in [-0.39, 0.29) is 11.8 Å². The highest BCUT2D eigenvalue weighted by Crippen LogP contribution is 2.82. The van der Waals surface area contributed by atoms with Crippen molar-refractivity contribution in [3.8, 4) is 12.1 Å². The van der Waals surface area contributed by atoms with Crippen LogP contribution in [0.25, 0.3) is 0 Å². The molecule has 0 amide bonds. The average molecular weight is 288 g/mol. The monoisotopic (exact) mass is 288 g/mol. The third kappa shape index (κ3) is 1.01. The third-order valence-electron chi connectivity index (χ3n) is 4.31. The number of thiophene rings is 1. The third-order valence-corrected chi connectivity index (χ3v) is 5.25. The van der Waals surface area contributed by atoms with E-state index in [2.05, 4.69) is 17.1 Å². The number of nitrogens with zero attached hydrogens (tertiary/aromatic N) is 3. The highest BCUT2D eigenvalue weighted by atomic mass is 32.1. The number of methoxy groups -OCH3 is 2. The molecule has 1 saturated carbocycles. The molecule has 1 aromatic heterocycles. The molecule has 2 N–H and O–H groups in total. The van der Waals surface area contributed by atoms with Crippen molar-refractivity contribution in [3.05, 3.63) is 22.4 Å². The molecule has 1 aromatic rings. The molecule has 2 aliphatic rings. The highest BCUT2D eigenvalue weighted by molar-refractivity contribution is 7.10. The molecule has 2 heterocycles. The minimum atomic E-state index is -1.53. The van der Waals surface area contributed by atoms with Crippen molar-refractivity contribution in [2.45, 2.75) is 11.8 Å². The van der Waals surface area contributed by atoms with Crippen molar-refractivity contribution < 1.29 is 9.47 Å². The van der Waals surface area contributed by atoms with Gasteiger partial charge >= 0.3 is 0 Å². The van der Waals surface area contributed by atoms with Crippen LogP contribution in [-0.2, 0) is 9.47 Å². The second-order valence-corrected chi connectivity index (χ2v) is 5.75.